The number of nitrogens with one attached hydrogen (secondary N) is 1. The van der Waals surface area contributed by atoms with Crippen LogP contribution in [0.15, 0.2) is 26.9 Å². The van der Waals surface area contributed by atoms with Crippen molar-refractivity contribution in [1.29, 1.82) is 0 Å². The molecule has 2 unspecified atom stereocenters. The Bertz CT molecular complexity index is 1070. The molecule has 2 aliphatic rings. The molecule has 0 radical (unpaired) electrons. The molecule has 0 bridgehead atoms. The van der Waals surface area contributed by atoms with Crippen molar-refractivity contribution in [3.8, 4) is 0 Å². The number of aromatic nitrogens is 2. The standard InChI is InChI=1S/C18H18F3N3O3S/c1-27-15-10(7-4-9(5-22)28-6-7)13(19)11(16(20)21)12-14(15)24(8-2-3-8)18(26)23-17(12)25/h4,6,8,10,15-16H,2-3,5,22H2,1H3,(H,23,25,26). The molecule has 2 aliphatic carbocycles. The maximum atomic E-state index is 15.4. The smallest absolute Gasteiger partial charge is 0.328 e. The monoisotopic (exact) mass is 413 g/mol. The molecule has 28 heavy (non-hydrogen) atoms. The van der Waals surface area contributed by atoms with E-state index in [1.165, 1.54) is 23.0 Å². The molecule has 0 amide bonds. The zero-order valence-electron chi connectivity index (χ0n) is 14.9. The number of alkyl halides is 2. The van der Waals surface area contributed by atoms with Gasteiger partial charge in [0.05, 0.1) is 22.7 Å². The van der Waals surface area contributed by atoms with Gasteiger partial charge in [0, 0.05) is 24.6 Å². The molecule has 0 aromatic carbocycles. The van der Waals surface area contributed by atoms with Crippen LogP contribution in [0.5, 0.6) is 0 Å². The zero-order valence-corrected chi connectivity index (χ0v) is 15.7. The minimum Gasteiger partial charge on any atom is -0.374 e. The molecule has 0 aliphatic heterocycles. The first kappa shape index (κ1) is 19.2. The molecule has 0 spiro atoms. The maximum absolute atomic E-state index is 15.4. The van der Waals surface area contributed by atoms with E-state index in [-0.39, 0.29) is 18.3 Å². The Hall–Kier alpha value is -2.17. The van der Waals surface area contributed by atoms with Gasteiger partial charge in [-0.25, -0.2) is 18.0 Å². The number of hydrogen-bond acceptors (Lipinski definition) is 5. The van der Waals surface area contributed by atoms with Gasteiger partial charge >= 0.3 is 5.69 Å². The Morgan fingerprint density at radius 1 is 1.39 bits per heavy atom. The second kappa shape index (κ2) is 7.02. The van der Waals surface area contributed by atoms with Gasteiger partial charge in [-0.1, -0.05) is 0 Å². The van der Waals surface area contributed by atoms with E-state index in [1.54, 1.807) is 11.4 Å². The van der Waals surface area contributed by atoms with Gasteiger partial charge in [-0.05, 0) is 29.9 Å². The molecule has 4 rings (SSSR count). The summed E-state index contributed by atoms with van der Waals surface area (Å²) >= 11 is 1.28. The molecule has 150 valence electrons. The second-order valence-electron chi connectivity index (χ2n) is 6.87. The van der Waals surface area contributed by atoms with E-state index in [4.69, 9.17) is 10.5 Å². The fourth-order valence-corrected chi connectivity index (χ4v) is 4.63. The number of fused-ring (bicyclic) bond motifs is 1. The molecular formula is C18H18F3N3O3S. The number of aromatic amines is 1. The molecule has 3 N–H and O–H groups in total. The average molecular weight is 413 g/mol. The topological polar surface area (TPSA) is 90.1 Å². The van der Waals surface area contributed by atoms with Crippen LogP contribution in [0.1, 0.15) is 52.6 Å². The fourth-order valence-electron chi connectivity index (χ4n) is 3.83. The summed E-state index contributed by atoms with van der Waals surface area (Å²) in [5, 5.41) is 1.64. The average Bonchev–Trinajstić information content (AvgIpc) is 3.37. The summed E-state index contributed by atoms with van der Waals surface area (Å²) in [4.78, 5) is 27.7. The highest BCUT2D eigenvalue weighted by Gasteiger charge is 2.45. The van der Waals surface area contributed by atoms with Gasteiger partial charge in [0.15, 0.2) is 0 Å². The van der Waals surface area contributed by atoms with Gasteiger partial charge in [-0.3, -0.25) is 14.3 Å². The van der Waals surface area contributed by atoms with Crippen molar-refractivity contribution in [2.45, 2.75) is 43.9 Å². The quantitative estimate of drug-likeness (QED) is 0.789. The predicted octanol–water partition coefficient (Wildman–Crippen LogP) is 2.82. The normalized spacial score (nSPS) is 22.1. The molecule has 1 fully saturated rings. The highest BCUT2D eigenvalue weighted by Crippen LogP contribution is 2.51. The van der Waals surface area contributed by atoms with Crippen LogP contribution in [0.25, 0.3) is 5.57 Å². The number of methoxy groups -OCH3 is 1. The second-order valence-corrected chi connectivity index (χ2v) is 7.86. The van der Waals surface area contributed by atoms with Gasteiger partial charge < -0.3 is 10.5 Å². The van der Waals surface area contributed by atoms with E-state index < -0.39 is 46.7 Å². The van der Waals surface area contributed by atoms with Crippen LogP contribution in [-0.4, -0.2) is 23.1 Å². The Kier molecular flexibility index (Phi) is 4.80. The van der Waals surface area contributed by atoms with Crippen molar-refractivity contribution in [3.63, 3.8) is 0 Å². The summed E-state index contributed by atoms with van der Waals surface area (Å²) in [6.45, 7) is 0.227. The van der Waals surface area contributed by atoms with Crippen LogP contribution >= 0.6 is 11.3 Å². The van der Waals surface area contributed by atoms with E-state index in [0.29, 0.717) is 18.4 Å². The van der Waals surface area contributed by atoms with E-state index >= 15 is 4.39 Å². The molecule has 2 aromatic heterocycles. The molecular weight excluding hydrogens is 395 g/mol. The van der Waals surface area contributed by atoms with E-state index in [9.17, 15) is 18.4 Å². The third-order valence-corrected chi connectivity index (χ3v) is 6.15. The lowest BCUT2D eigenvalue weighted by Gasteiger charge is -2.34. The summed E-state index contributed by atoms with van der Waals surface area (Å²) in [5.74, 6) is -2.31. The van der Waals surface area contributed by atoms with Crippen LogP contribution < -0.4 is 17.0 Å². The third-order valence-electron chi connectivity index (χ3n) is 5.17. The summed E-state index contributed by atoms with van der Waals surface area (Å²) in [7, 11) is 1.31. The van der Waals surface area contributed by atoms with Gasteiger partial charge in [0.2, 0.25) is 0 Å². The number of nitrogens with two attached hydrogens (primary N) is 1. The van der Waals surface area contributed by atoms with E-state index in [1.807, 2.05) is 0 Å². The maximum Gasteiger partial charge on any atom is 0.328 e. The summed E-state index contributed by atoms with van der Waals surface area (Å²) < 4.78 is 49.9. The minimum atomic E-state index is -3.22. The van der Waals surface area contributed by atoms with Crippen molar-refractivity contribution >= 4 is 16.9 Å². The summed E-state index contributed by atoms with van der Waals surface area (Å²) in [6, 6.07) is 1.42. The van der Waals surface area contributed by atoms with Gasteiger partial charge in [0.25, 0.3) is 12.0 Å². The van der Waals surface area contributed by atoms with Crippen LogP contribution in [-0.2, 0) is 11.3 Å². The molecule has 1 saturated carbocycles. The fraction of sp³-hybridized carbons (Fsp3) is 0.444. The predicted molar refractivity (Wildman–Crippen MR) is 98.3 cm³/mol. The molecule has 2 heterocycles. The highest BCUT2D eigenvalue weighted by atomic mass is 32.1. The van der Waals surface area contributed by atoms with Crippen LogP contribution in [0.3, 0.4) is 0 Å². The first-order valence-electron chi connectivity index (χ1n) is 8.76. The Morgan fingerprint density at radius 2 is 2.11 bits per heavy atom. The molecule has 6 nitrogen and oxygen atoms in total. The Morgan fingerprint density at radius 3 is 2.64 bits per heavy atom. The SMILES string of the molecule is COC1c2c(c(=O)[nH]c(=O)n2C2CC2)C(C(F)F)=C(F)C1c1csc(CN)c1. The third kappa shape index (κ3) is 2.87. The summed E-state index contributed by atoms with van der Waals surface area (Å²) in [5.41, 5.74) is 2.85. The van der Waals surface area contributed by atoms with Gasteiger partial charge in [-0.2, -0.15) is 0 Å². The Balaban J connectivity index is 2.05. The number of H-pyrrole nitrogens is 1. The summed E-state index contributed by atoms with van der Waals surface area (Å²) in [6.07, 6.45) is -2.97. The van der Waals surface area contributed by atoms with Gasteiger partial charge in [0.1, 0.15) is 11.9 Å². The lowest BCUT2D eigenvalue weighted by Crippen LogP contribution is -2.40. The number of allylic oxidation sites excluding steroid dienone is 1. The van der Waals surface area contributed by atoms with Crippen LogP contribution in [0.2, 0.25) is 0 Å². The first-order valence-corrected chi connectivity index (χ1v) is 9.63. The number of halogens is 3. The largest absolute Gasteiger partial charge is 0.374 e. The molecule has 0 saturated heterocycles. The van der Waals surface area contributed by atoms with E-state index in [0.717, 1.165) is 4.88 Å². The lowest BCUT2D eigenvalue weighted by atomic mass is 9.81. The van der Waals surface area contributed by atoms with Crippen LogP contribution in [0.4, 0.5) is 13.2 Å². The number of thiophene rings is 1. The number of ether oxygens (including phenoxy) is 1. The number of hydrogen-bond donors (Lipinski definition) is 2. The number of nitrogens with zero attached hydrogens (tertiary/aromatic N) is 1. The van der Waals surface area contributed by atoms with E-state index in [2.05, 4.69) is 4.98 Å². The van der Waals surface area contributed by atoms with Crippen LogP contribution in [0, 0.1) is 0 Å². The molecule has 2 atom stereocenters. The minimum absolute atomic E-state index is 0.0148. The zero-order chi connectivity index (χ0) is 20.2. The van der Waals surface area contributed by atoms with Crippen molar-refractivity contribution in [1.82, 2.24) is 9.55 Å². The molecule has 10 heteroatoms. The van der Waals surface area contributed by atoms with Crippen molar-refractivity contribution < 1.29 is 17.9 Å². The first-order chi connectivity index (χ1) is 13.4. The number of rotatable bonds is 5. The van der Waals surface area contributed by atoms with Gasteiger partial charge in [-0.15, -0.1) is 11.3 Å². The van der Waals surface area contributed by atoms with Crippen molar-refractivity contribution in [3.05, 3.63) is 59.8 Å². The Labute approximate surface area is 161 Å². The molecule has 2 aromatic rings. The highest BCUT2D eigenvalue weighted by molar-refractivity contribution is 7.10. The van der Waals surface area contributed by atoms with Crippen molar-refractivity contribution in [2.24, 2.45) is 5.73 Å². The van der Waals surface area contributed by atoms with Crippen molar-refractivity contribution in [2.75, 3.05) is 7.11 Å². The lowest BCUT2D eigenvalue weighted by molar-refractivity contribution is 0.0702.